The zero-order valence-corrected chi connectivity index (χ0v) is 47.4. The fraction of sp³-hybridized carbons (Fsp3) is 0.833. The van der Waals surface area contributed by atoms with Crippen molar-refractivity contribution in [1.82, 2.24) is 0 Å². The molecule has 0 radical (unpaired) electrons. The first-order valence-corrected chi connectivity index (χ1v) is 30.9. The maximum Gasteiger partial charge on any atom is 0.472 e. The molecular weight excluding hydrogens is 894 g/mol. The summed E-state index contributed by atoms with van der Waals surface area (Å²) in [4.78, 5) is 35.6. The number of esters is 2. The number of hydrogen-bond donors (Lipinski definition) is 1. The van der Waals surface area contributed by atoms with Crippen molar-refractivity contribution in [2.75, 3.05) is 47.5 Å². The number of quaternary nitrogens is 1. The van der Waals surface area contributed by atoms with E-state index in [-0.39, 0.29) is 32.0 Å². The molecule has 0 saturated heterocycles. The highest BCUT2D eigenvalue weighted by Gasteiger charge is 2.27. The zero-order valence-electron chi connectivity index (χ0n) is 46.5. The lowest BCUT2D eigenvalue weighted by atomic mass is 10.0. The number of allylic oxidation sites excluding steroid dienone is 8. The highest BCUT2D eigenvalue weighted by molar-refractivity contribution is 7.47. The van der Waals surface area contributed by atoms with Crippen molar-refractivity contribution in [2.45, 2.75) is 277 Å². The Labute approximate surface area is 433 Å². The quantitative estimate of drug-likeness (QED) is 0.0211. The molecule has 0 aromatic rings. The highest BCUT2D eigenvalue weighted by Crippen LogP contribution is 2.43. The van der Waals surface area contributed by atoms with Gasteiger partial charge >= 0.3 is 19.8 Å². The van der Waals surface area contributed by atoms with E-state index in [2.05, 4.69) is 62.5 Å². The van der Waals surface area contributed by atoms with Crippen molar-refractivity contribution in [3.8, 4) is 0 Å². The number of ether oxygens (including phenoxy) is 2. The monoisotopic (exact) mass is 1010 g/mol. The molecule has 1 unspecified atom stereocenters. The van der Waals surface area contributed by atoms with Crippen LogP contribution in [-0.2, 0) is 32.7 Å². The molecule has 0 heterocycles. The van der Waals surface area contributed by atoms with Crippen LogP contribution in [0.4, 0.5) is 0 Å². The second kappa shape index (κ2) is 51.9. The van der Waals surface area contributed by atoms with Crippen LogP contribution in [0.2, 0.25) is 0 Å². The van der Waals surface area contributed by atoms with Crippen molar-refractivity contribution < 1.29 is 42.1 Å². The van der Waals surface area contributed by atoms with Crippen molar-refractivity contribution in [2.24, 2.45) is 0 Å². The van der Waals surface area contributed by atoms with Gasteiger partial charge in [-0.05, 0) is 51.4 Å². The molecule has 0 spiro atoms. The van der Waals surface area contributed by atoms with Gasteiger partial charge in [-0.25, -0.2) is 4.57 Å². The molecule has 0 saturated carbocycles. The molecule has 0 rings (SSSR count). The summed E-state index contributed by atoms with van der Waals surface area (Å²) in [5.41, 5.74) is 0. The van der Waals surface area contributed by atoms with E-state index in [1.165, 1.54) is 193 Å². The standard InChI is InChI=1S/C60H112NO8P/c1-6-8-10-12-14-16-18-20-22-24-25-26-27-28-29-30-31-32-33-34-35-37-38-40-42-44-46-48-50-52-59(62)66-56-58(57-68-70(64,65)67-55-54-61(3,4)5)69-60(63)53-51-49-47-45-43-41-39-36-23-21-19-17-15-13-11-9-7-2/h15,17,21,23,39,41,45,47,58H,6-14,16,18-20,22,24-38,40,42-44,46,48-57H2,1-5H3/p+1/b17-15-,23-21-,41-39-,47-45-/t58-/m1/s1. The number of phosphoric ester groups is 1. The minimum absolute atomic E-state index is 0.0217. The van der Waals surface area contributed by atoms with Crippen LogP contribution < -0.4 is 0 Å². The van der Waals surface area contributed by atoms with Crippen molar-refractivity contribution in [3.05, 3.63) is 48.6 Å². The third kappa shape index (κ3) is 55.3. The average Bonchev–Trinajstić information content (AvgIpc) is 3.32. The molecule has 410 valence electrons. The Balaban J connectivity index is 4.10. The smallest absolute Gasteiger partial charge is 0.462 e. The van der Waals surface area contributed by atoms with Crippen LogP contribution in [0.25, 0.3) is 0 Å². The topological polar surface area (TPSA) is 108 Å². The molecule has 0 amide bonds. The molecule has 70 heavy (non-hydrogen) atoms. The molecular formula is C60H113NO8P+. The third-order valence-corrected chi connectivity index (χ3v) is 13.8. The summed E-state index contributed by atoms with van der Waals surface area (Å²) in [7, 11) is 1.45. The molecule has 0 aliphatic heterocycles. The summed E-state index contributed by atoms with van der Waals surface area (Å²) < 4.78 is 34.5. The summed E-state index contributed by atoms with van der Waals surface area (Å²) in [6, 6.07) is 0. The van der Waals surface area contributed by atoms with Gasteiger partial charge in [-0.1, -0.05) is 255 Å². The van der Waals surface area contributed by atoms with Crippen molar-refractivity contribution in [3.63, 3.8) is 0 Å². The van der Waals surface area contributed by atoms with Crippen LogP contribution in [0, 0.1) is 0 Å². The molecule has 0 aliphatic carbocycles. The van der Waals surface area contributed by atoms with E-state index >= 15 is 0 Å². The van der Waals surface area contributed by atoms with E-state index in [1.807, 2.05) is 21.1 Å². The number of carbonyl (C=O) groups is 2. The van der Waals surface area contributed by atoms with E-state index in [0.29, 0.717) is 17.4 Å². The maximum absolute atomic E-state index is 12.7. The first-order valence-electron chi connectivity index (χ1n) is 29.4. The van der Waals surface area contributed by atoms with Gasteiger partial charge in [0.25, 0.3) is 0 Å². The second-order valence-electron chi connectivity index (χ2n) is 21.0. The second-order valence-corrected chi connectivity index (χ2v) is 22.5. The van der Waals surface area contributed by atoms with E-state index in [4.69, 9.17) is 18.5 Å². The molecule has 0 aromatic carbocycles. The summed E-state index contributed by atoms with van der Waals surface area (Å²) in [5.74, 6) is -0.854. The van der Waals surface area contributed by atoms with Crippen molar-refractivity contribution in [1.29, 1.82) is 0 Å². The number of hydrogen-bond acceptors (Lipinski definition) is 7. The van der Waals surface area contributed by atoms with E-state index in [0.717, 1.165) is 44.9 Å². The maximum atomic E-state index is 12.7. The third-order valence-electron chi connectivity index (χ3n) is 12.9. The molecule has 10 heteroatoms. The lowest BCUT2D eigenvalue weighted by Gasteiger charge is -2.24. The summed E-state index contributed by atoms with van der Waals surface area (Å²) in [6.07, 6.45) is 64.9. The van der Waals surface area contributed by atoms with Gasteiger partial charge in [-0.15, -0.1) is 0 Å². The number of carbonyl (C=O) groups excluding carboxylic acids is 2. The number of rotatable bonds is 54. The Kier molecular flexibility index (Phi) is 50.4. The minimum Gasteiger partial charge on any atom is -0.462 e. The Morgan fingerprint density at radius 2 is 0.786 bits per heavy atom. The van der Waals surface area contributed by atoms with E-state index in [1.54, 1.807) is 0 Å². The predicted molar refractivity (Wildman–Crippen MR) is 298 cm³/mol. The predicted octanol–water partition coefficient (Wildman–Crippen LogP) is 18.1. The summed E-state index contributed by atoms with van der Waals surface area (Å²) in [6.45, 7) is 4.37. The molecule has 0 aromatic heterocycles. The number of likely N-dealkylation sites (N-methyl/N-ethyl adjacent to an activating group) is 1. The number of phosphoric acid groups is 1. The Bertz CT molecular complexity index is 1320. The highest BCUT2D eigenvalue weighted by atomic mass is 31.2. The van der Waals surface area contributed by atoms with Gasteiger partial charge in [-0.2, -0.15) is 0 Å². The van der Waals surface area contributed by atoms with Crippen LogP contribution in [0.15, 0.2) is 48.6 Å². The van der Waals surface area contributed by atoms with Crippen molar-refractivity contribution >= 4 is 19.8 Å². The lowest BCUT2D eigenvalue weighted by molar-refractivity contribution is -0.870. The summed E-state index contributed by atoms with van der Waals surface area (Å²) >= 11 is 0. The van der Waals surface area contributed by atoms with Gasteiger partial charge in [-0.3, -0.25) is 18.6 Å². The van der Waals surface area contributed by atoms with Gasteiger partial charge in [0.1, 0.15) is 19.8 Å². The van der Waals surface area contributed by atoms with E-state index < -0.39 is 26.5 Å². The molecule has 9 nitrogen and oxygen atoms in total. The molecule has 1 N–H and O–H groups in total. The Morgan fingerprint density at radius 1 is 0.443 bits per heavy atom. The van der Waals surface area contributed by atoms with Crippen LogP contribution in [-0.4, -0.2) is 74.9 Å². The lowest BCUT2D eigenvalue weighted by Crippen LogP contribution is -2.37. The normalized spacial score (nSPS) is 13.6. The largest absolute Gasteiger partial charge is 0.472 e. The van der Waals surface area contributed by atoms with Gasteiger partial charge in [0.2, 0.25) is 0 Å². The van der Waals surface area contributed by atoms with Gasteiger partial charge in [0.05, 0.1) is 27.7 Å². The first-order chi connectivity index (χ1) is 34.0. The Hall–Kier alpha value is -2.03. The fourth-order valence-corrected chi connectivity index (χ4v) is 9.05. The van der Waals surface area contributed by atoms with Crippen LogP contribution in [0.3, 0.4) is 0 Å². The average molecular weight is 1010 g/mol. The first kappa shape index (κ1) is 68.0. The molecule has 0 fully saturated rings. The number of nitrogens with zero attached hydrogens (tertiary/aromatic N) is 1. The SMILES string of the molecule is CCCCC/C=C\C/C=C\C/C=C\C/C=C\CCCC(=O)O[C@H](COC(=O)CCCCCCCCCCCCCCCCCCCCCCCCCCCCCCC)COP(=O)(O)OCC[N+](C)(C)C. The van der Waals surface area contributed by atoms with Gasteiger partial charge in [0, 0.05) is 12.8 Å². The Morgan fingerprint density at radius 3 is 1.19 bits per heavy atom. The molecule has 0 aliphatic rings. The fourth-order valence-electron chi connectivity index (χ4n) is 8.30. The molecule has 0 bridgehead atoms. The van der Waals surface area contributed by atoms with Crippen LogP contribution >= 0.6 is 7.82 Å². The number of unbranched alkanes of at least 4 members (excludes halogenated alkanes) is 32. The van der Waals surface area contributed by atoms with Crippen LogP contribution in [0.5, 0.6) is 0 Å². The van der Waals surface area contributed by atoms with Gasteiger partial charge < -0.3 is 18.9 Å². The zero-order chi connectivity index (χ0) is 51.3. The van der Waals surface area contributed by atoms with Gasteiger partial charge in [0.15, 0.2) is 6.10 Å². The van der Waals surface area contributed by atoms with E-state index in [9.17, 15) is 19.0 Å². The molecule has 2 atom stereocenters. The van der Waals surface area contributed by atoms with Crippen LogP contribution in [0.1, 0.15) is 271 Å². The summed E-state index contributed by atoms with van der Waals surface area (Å²) in [5, 5.41) is 0. The minimum atomic E-state index is -4.40.